The Kier molecular flexibility index (Phi) is 3.22. The summed E-state index contributed by atoms with van der Waals surface area (Å²) < 4.78 is 27.7. The number of benzene rings is 1. The summed E-state index contributed by atoms with van der Waals surface area (Å²) in [5.74, 6) is -1.46. The zero-order valence-electron chi connectivity index (χ0n) is 11.1. The minimum absolute atomic E-state index is 0.118. The largest absolute Gasteiger partial charge is 0.385 e. The first kappa shape index (κ1) is 13.5. The molecular weight excluding hydrogens is 234 g/mol. The van der Waals surface area contributed by atoms with Crippen molar-refractivity contribution in [2.75, 3.05) is 0 Å². The fourth-order valence-corrected chi connectivity index (χ4v) is 3.16. The van der Waals surface area contributed by atoms with Gasteiger partial charge in [-0.3, -0.25) is 0 Å². The number of halogens is 2. The highest BCUT2D eigenvalue weighted by atomic mass is 19.1. The van der Waals surface area contributed by atoms with Gasteiger partial charge in [-0.1, -0.05) is 26.8 Å². The van der Waals surface area contributed by atoms with Gasteiger partial charge in [0.05, 0.1) is 11.2 Å². The molecule has 2 unspecified atom stereocenters. The molecular formula is C15H20F2O. The zero-order valence-corrected chi connectivity index (χ0v) is 11.1. The van der Waals surface area contributed by atoms with Crippen LogP contribution < -0.4 is 0 Å². The highest BCUT2D eigenvalue weighted by molar-refractivity contribution is 5.28. The molecule has 1 saturated carbocycles. The van der Waals surface area contributed by atoms with E-state index in [0.717, 1.165) is 12.8 Å². The quantitative estimate of drug-likeness (QED) is 0.803. The van der Waals surface area contributed by atoms with Crippen molar-refractivity contribution in [2.24, 2.45) is 11.3 Å². The molecule has 2 rings (SSSR count). The van der Waals surface area contributed by atoms with E-state index in [0.29, 0.717) is 6.42 Å². The molecule has 1 aromatic carbocycles. The van der Waals surface area contributed by atoms with Crippen LogP contribution in [0.25, 0.3) is 0 Å². The molecule has 0 radical (unpaired) electrons. The Balaban J connectivity index is 2.43. The van der Waals surface area contributed by atoms with Crippen LogP contribution in [0.15, 0.2) is 18.2 Å². The molecule has 18 heavy (non-hydrogen) atoms. The van der Waals surface area contributed by atoms with Gasteiger partial charge in [0.1, 0.15) is 11.6 Å². The fraction of sp³-hybridized carbons (Fsp3) is 0.600. The van der Waals surface area contributed by atoms with E-state index in [1.807, 2.05) is 6.92 Å². The lowest BCUT2D eigenvalue weighted by Crippen LogP contribution is -2.43. The van der Waals surface area contributed by atoms with Gasteiger partial charge in [-0.05, 0) is 42.7 Å². The standard InChI is InChI=1S/C15H20F2O/c1-10-9-14(2,3)7-8-15(10,18)13-11(16)5-4-6-12(13)17/h4-6,10,18H,7-9H2,1-3H3. The van der Waals surface area contributed by atoms with Crippen molar-refractivity contribution in [3.05, 3.63) is 35.4 Å². The van der Waals surface area contributed by atoms with Crippen LogP contribution in [0.5, 0.6) is 0 Å². The molecule has 0 amide bonds. The maximum atomic E-state index is 13.8. The molecule has 0 heterocycles. The molecule has 1 aliphatic rings. The van der Waals surface area contributed by atoms with Crippen molar-refractivity contribution in [1.82, 2.24) is 0 Å². The maximum Gasteiger partial charge on any atom is 0.132 e. The topological polar surface area (TPSA) is 20.2 Å². The van der Waals surface area contributed by atoms with E-state index >= 15 is 0 Å². The normalized spacial score (nSPS) is 31.3. The van der Waals surface area contributed by atoms with E-state index in [2.05, 4.69) is 13.8 Å². The molecule has 0 saturated heterocycles. The molecule has 3 heteroatoms. The SMILES string of the molecule is CC1CC(C)(C)CCC1(O)c1c(F)cccc1F. The van der Waals surface area contributed by atoms with Gasteiger partial charge in [0.2, 0.25) is 0 Å². The van der Waals surface area contributed by atoms with Crippen molar-refractivity contribution >= 4 is 0 Å². The Labute approximate surface area is 107 Å². The van der Waals surface area contributed by atoms with Crippen LogP contribution in [0.2, 0.25) is 0 Å². The lowest BCUT2D eigenvalue weighted by molar-refractivity contribution is -0.0815. The second kappa shape index (κ2) is 4.30. The van der Waals surface area contributed by atoms with E-state index in [4.69, 9.17) is 0 Å². The van der Waals surface area contributed by atoms with Crippen LogP contribution in [-0.4, -0.2) is 5.11 Å². The lowest BCUT2D eigenvalue weighted by Gasteiger charge is -2.45. The van der Waals surface area contributed by atoms with E-state index in [-0.39, 0.29) is 16.9 Å². The summed E-state index contributed by atoms with van der Waals surface area (Å²) in [4.78, 5) is 0. The number of hydrogen-bond acceptors (Lipinski definition) is 1. The van der Waals surface area contributed by atoms with Crippen molar-refractivity contribution in [3.63, 3.8) is 0 Å². The van der Waals surface area contributed by atoms with Gasteiger partial charge in [0.15, 0.2) is 0 Å². The summed E-state index contributed by atoms with van der Waals surface area (Å²) in [6.07, 6.45) is 1.93. The summed E-state index contributed by atoms with van der Waals surface area (Å²) >= 11 is 0. The second-order valence-corrected chi connectivity index (χ2v) is 6.29. The van der Waals surface area contributed by atoms with Crippen LogP contribution in [0.3, 0.4) is 0 Å². The molecule has 1 aliphatic carbocycles. The molecule has 2 atom stereocenters. The Morgan fingerprint density at radius 3 is 2.22 bits per heavy atom. The lowest BCUT2D eigenvalue weighted by atomic mass is 9.63. The first-order chi connectivity index (χ1) is 8.26. The highest BCUT2D eigenvalue weighted by Gasteiger charge is 2.46. The van der Waals surface area contributed by atoms with Crippen LogP contribution in [0, 0.1) is 23.0 Å². The average molecular weight is 254 g/mol. The first-order valence-electron chi connectivity index (χ1n) is 6.43. The maximum absolute atomic E-state index is 13.8. The smallest absolute Gasteiger partial charge is 0.132 e. The summed E-state index contributed by atoms with van der Waals surface area (Å²) in [5, 5.41) is 10.7. The predicted molar refractivity (Wildman–Crippen MR) is 67.1 cm³/mol. The fourth-order valence-electron chi connectivity index (χ4n) is 3.16. The van der Waals surface area contributed by atoms with Crippen LogP contribution in [0.1, 0.15) is 45.6 Å². The minimum atomic E-state index is -1.38. The third kappa shape index (κ3) is 2.16. The zero-order chi connectivity index (χ0) is 13.6. The summed E-state index contributed by atoms with van der Waals surface area (Å²) in [6, 6.07) is 3.75. The monoisotopic (exact) mass is 254 g/mol. The van der Waals surface area contributed by atoms with Crippen LogP contribution in [-0.2, 0) is 5.60 Å². The Hall–Kier alpha value is -0.960. The molecule has 100 valence electrons. The van der Waals surface area contributed by atoms with Gasteiger partial charge >= 0.3 is 0 Å². The Morgan fingerprint density at radius 1 is 1.17 bits per heavy atom. The molecule has 0 aromatic heterocycles. The Bertz CT molecular complexity index is 436. The second-order valence-electron chi connectivity index (χ2n) is 6.29. The van der Waals surface area contributed by atoms with Gasteiger partial charge < -0.3 is 5.11 Å². The molecule has 1 N–H and O–H groups in total. The first-order valence-corrected chi connectivity index (χ1v) is 6.43. The number of hydrogen-bond donors (Lipinski definition) is 1. The van der Waals surface area contributed by atoms with E-state index in [1.165, 1.54) is 18.2 Å². The van der Waals surface area contributed by atoms with Gasteiger partial charge in [0.25, 0.3) is 0 Å². The summed E-state index contributed by atoms with van der Waals surface area (Å²) in [7, 11) is 0. The summed E-state index contributed by atoms with van der Waals surface area (Å²) in [5.41, 5.74) is -1.42. The Morgan fingerprint density at radius 2 is 1.72 bits per heavy atom. The average Bonchev–Trinajstić information content (AvgIpc) is 2.24. The van der Waals surface area contributed by atoms with Gasteiger partial charge in [-0.2, -0.15) is 0 Å². The number of aliphatic hydroxyl groups is 1. The minimum Gasteiger partial charge on any atom is -0.385 e. The van der Waals surface area contributed by atoms with Gasteiger partial charge in [-0.25, -0.2) is 8.78 Å². The molecule has 0 aliphatic heterocycles. The van der Waals surface area contributed by atoms with E-state index < -0.39 is 17.2 Å². The van der Waals surface area contributed by atoms with E-state index in [1.54, 1.807) is 0 Å². The van der Waals surface area contributed by atoms with Crippen molar-refractivity contribution in [2.45, 2.75) is 45.6 Å². The van der Waals surface area contributed by atoms with Crippen LogP contribution >= 0.6 is 0 Å². The van der Waals surface area contributed by atoms with Crippen molar-refractivity contribution in [3.8, 4) is 0 Å². The van der Waals surface area contributed by atoms with Crippen LogP contribution in [0.4, 0.5) is 8.78 Å². The molecule has 0 bridgehead atoms. The van der Waals surface area contributed by atoms with Crippen molar-refractivity contribution in [1.29, 1.82) is 0 Å². The summed E-state index contributed by atoms with van der Waals surface area (Å²) in [6.45, 7) is 6.12. The predicted octanol–water partition coefficient (Wildman–Crippen LogP) is 4.00. The molecule has 1 aromatic rings. The molecule has 1 nitrogen and oxygen atoms in total. The number of rotatable bonds is 1. The third-order valence-electron chi connectivity index (χ3n) is 4.25. The third-order valence-corrected chi connectivity index (χ3v) is 4.25. The van der Waals surface area contributed by atoms with Crippen molar-refractivity contribution < 1.29 is 13.9 Å². The molecule has 0 spiro atoms. The van der Waals surface area contributed by atoms with Gasteiger partial charge in [0, 0.05) is 0 Å². The van der Waals surface area contributed by atoms with E-state index in [9.17, 15) is 13.9 Å². The highest BCUT2D eigenvalue weighted by Crippen LogP contribution is 2.49. The van der Waals surface area contributed by atoms with Gasteiger partial charge in [-0.15, -0.1) is 0 Å². The molecule has 1 fully saturated rings.